The third-order valence-corrected chi connectivity index (χ3v) is 7.11. The van der Waals surface area contributed by atoms with Crippen LogP contribution in [0.4, 0.5) is 0 Å². The SMILES string of the molecule is COC1C(CO)CC(OC2C(CO)OC(OC3C(CO)OC(O)C(N)C3O)C(N)C2O)C(N)C1O. The first kappa shape index (κ1) is 29.0. The van der Waals surface area contributed by atoms with Crippen molar-refractivity contribution in [1.82, 2.24) is 0 Å². The van der Waals surface area contributed by atoms with E-state index in [9.17, 15) is 35.7 Å². The summed E-state index contributed by atoms with van der Waals surface area (Å²) >= 11 is 0. The van der Waals surface area contributed by atoms with Crippen molar-refractivity contribution in [1.29, 1.82) is 0 Å². The number of nitrogens with two attached hydrogens (primary N) is 3. The van der Waals surface area contributed by atoms with Crippen molar-refractivity contribution in [3.8, 4) is 0 Å². The number of methoxy groups -OCH3 is 1. The second kappa shape index (κ2) is 12.3. The molecule has 3 fully saturated rings. The fourth-order valence-corrected chi connectivity index (χ4v) is 4.97. The predicted octanol–water partition coefficient (Wildman–Crippen LogP) is -6.36. The quantitative estimate of drug-likeness (QED) is 0.145. The van der Waals surface area contributed by atoms with Crippen molar-refractivity contribution >= 4 is 0 Å². The average molecular weight is 514 g/mol. The van der Waals surface area contributed by atoms with Crippen LogP contribution in [0.1, 0.15) is 6.42 Å². The summed E-state index contributed by atoms with van der Waals surface area (Å²) in [5.41, 5.74) is 18.0. The molecule has 15 atom stereocenters. The second-order valence-electron chi connectivity index (χ2n) is 9.30. The highest BCUT2D eigenvalue weighted by Gasteiger charge is 2.52. The lowest BCUT2D eigenvalue weighted by Gasteiger charge is -2.49. The van der Waals surface area contributed by atoms with E-state index in [1.807, 2.05) is 0 Å². The minimum Gasteiger partial charge on any atom is -0.396 e. The van der Waals surface area contributed by atoms with E-state index in [0.717, 1.165) is 0 Å². The first-order chi connectivity index (χ1) is 16.6. The summed E-state index contributed by atoms with van der Waals surface area (Å²) in [5, 5.41) is 70.8. The van der Waals surface area contributed by atoms with Crippen molar-refractivity contribution in [2.24, 2.45) is 23.1 Å². The molecule has 13 N–H and O–H groups in total. The molecule has 15 unspecified atom stereocenters. The summed E-state index contributed by atoms with van der Waals surface area (Å²) < 4.78 is 27.8. The van der Waals surface area contributed by atoms with Crippen LogP contribution in [0.15, 0.2) is 0 Å². The van der Waals surface area contributed by atoms with E-state index in [1.165, 1.54) is 7.11 Å². The van der Waals surface area contributed by atoms with Crippen LogP contribution < -0.4 is 17.2 Å². The lowest BCUT2D eigenvalue weighted by atomic mass is 9.79. The molecule has 3 rings (SSSR count). The zero-order valence-electron chi connectivity index (χ0n) is 19.4. The van der Waals surface area contributed by atoms with E-state index in [0.29, 0.717) is 0 Å². The van der Waals surface area contributed by atoms with Gasteiger partial charge in [-0.2, -0.15) is 0 Å². The number of rotatable bonds is 8. The van der Waals surface area contributed by atoms with Gasteiger partial charge in [0, 0.05) is 19.6 Å². The van der Waals surface area contributed by atoms with Gasteiger partial charge in [0.05, 0.1) is 49.7 Å². The predicted molar refractivity (Wildman–Crippen MR) is 115 cm³/mol. The molecule has 2 saturated heterocycles. The summed E-state index contributed by atoms with van der Waals surface area (Å²) in [7, 11) is 1.40. The Kier molecular flexibility index (Phi) is 10.2. The molecule has 0 aromatic carbocycles. The van der Waals surface area contributed by atoms with E-state index < -0.39 is 105 Å². The molecule has 3 aliphatic rings. The molecule has 0 spiro atoms. The van der Waals surface area contributed by atoms with Gasteiger partial charge in [-0.05, 0) is 6.42 Å². The van der Waals surface area contributed by atoms with Crippen LogP contribution in [0.25, 0.3) is 0 Å². The summed E-state index contributed by atoms with van der Waals surface area (Å²) in [6, 6.07) is -3.42. The smallest absolute Gasteiger partial charge is 0.176 e. The molecule has 15 nitrogen and oxygen atoms in total. The van der Waals surface area contributed by atoms with Gasteiger partial charge in [0.1, 0.15) is 36.6 Å². The maximum Gasteiger partial charge on any atom is 0.176 e. The molecule has 2 heterocycles. The molecular weight excluding hydrogens is 474 g/mol. The van der Waals surface area contributed by atoms with E-state index in [-0.39, 0.29) is 13.0 Å². The van der Waals surface area contributed by atoms with Crippen LogP contribution in [-0.4, -0.2) is 148 Å². The monoisotopic (exact) mass is 513 g/mol. The Hall–Kier alpha value is -0.600. The van der Waals surface area contributed by atoms with Crippen LogP contribution in [0, 0.1) is 5.92 Å². The standard InChI is InChI=1S/C20H39N3O12/c1-31-16-6(3-24)2-7(10(21)13(16)27)32-17-9(5-26)34-20(12(23)15(17)29)35-18-8(4-25)33-19(30)11(22)14(18)28/h6-20,24-30H,2-5,21-23H2,1H3. The Morgan fingerprint density at radius 3 is 1.83 bits per heavy atom. The maximum absolute atomic E-state index is 10.9. The fraction of sp³-hybridized carbons (Fsp3) is 1.00. The topological polar surface area (TPSA) is 266 Å². The molecular formula is C20H39N3O12. The third kappa shape index (κ3) is 5.79. The zero-order valence-corrected chi connectivity index (χ0v) is 19.4. The fourth-order valence-electron chi connectivity index (χ4n) is 4.97. The van der Waals surface area contributed by atoms with Gasteiger partial charge in [-0.1, -0.05) is 0 Å². The molecule has 0 aromatic rings. The van der Waals surface area contributed by atoms with Crippen molar-refractivity contribution in [3.05, 3.63) is 0 Å². The zero-order chi connectivity index (χ0) is 26.0. The number of hydrogen-bond acceptors (Lipinski definition) is 15. The number of aliphatic hydroxyl groups is 7. The van der Waals surface area contributed by atoms with Gasteiger partial charge < -0.3 is 76.6 Å². The average Bonchev–Trinajstić information content (AvgIpc) is 2.85. The minimum atomic E-state index is -1.54. The van der Waals surface area contributed by atoms with Gasteiger partial charge in [0.25, 0.3) is 0 Å². The third-order valence-electron chi connectivity index (χ3n) is 7.11. The highest BCUT2D eigenvalue weighted by atomic mass is 16.7. The first-order valence-corrected chi connectivity index (χ1v) is 11.6. The molecule has 15 heteroatoms. The van der Waals surface area contributed by atoms with Crippen LogP contribution in [0.2, 0.25) is 0 Å². The number of hydrogen-bond donors (Lipinski definition) is 10. The van der Waals surface area contributed by atoms with Gasteiger partial charge in [-0.25, -0.2) is 0 Å². The molecule has 0 amide bonds. The van der Waals surface area contributed by atoms with Crippen LogP contribution >= 0.6 is 0 Å². The summed E-state index contributed by atoms with van der Waals surface area (Å²) in [6.07, 6.45) is -13.1. The highest BCUT2D eigenvalue weighted by Crippen LogP contribution is 2.33. The number of ether oxygens (including phenoxy) is 5. The van der Waals surface area contributed by atoms with Gasteiger partial charge in [0.15, 0.2) is 12.6 Å². The van der Waals surface area contributed by atoms with Gasteiger partial charge >= 0.3 is 0 Å². The largest absolute Gasteiger partial charge is 0.396 e. The Morgan fingerprint density at radius 1 is 0.714 bits per heavy atom. The lowest BCUT2D eigenvalue weighted by molar-refractivity contribution is -0.331. The minimum absolute atomic E-state index is 0.202. The maximum atomic E-state index is 10.9. The Labute approximate surface area is 202 Å². The summed E-state index contributed by atoms with van der Waals surface area (Å²) in [4.78, 5) is 0. The van der Waals surface area contributed by atoms with Crippen LogP contribution in [0.5, 0.6) is 0 Å². The number of aliphatic hydroxyl groups excluding tert-OH is 7. The molecule has 35 heavy (non-hydrogen) atoms. The van der Waals surface area contributed by atoms with Crippen molar-refractivity contribution in [2.45, 2.75) is 92.1 Å². The van der Waals surface area contributed by atoms with Gasteiger partial charge in [-0.3, -0.25) is 0 Å². The van der Waals surface area contributed by atoms with E-state index >= 15 is 0 Å². The second-order valence-corrected chi connectivity index (χ2v) is 9.30. The first-order valence-electron chi connectivity index (χ1n) is 11.6. The van der Waals surface area contributed by atoms with Gasteiger partial charge in [0.2, 0.25) is 0 Å². The molecule has 2 aliphatic heterocycles. The van der Waals surface area contributed by atoms with Crippen LogP contribution in [-0.2, 0) is 23.7 Å². The van der Waals surface area contributed by atoms with Crippen molar-refractivity contribution in [2.75, 3.05) is 26.9 Å². The van der Waals surface area contributed by atoms with Crippen molar-refractivity contribution in [3.63, 3.8) is 0 Å². The highest BCUT2D eigenvalue weighted by molar-refractivity contribution is 5.00. The van der Waals surface area contributed by atoms with E-state index in [4.69, 9.17) is 40.9 Å². The van der Waals surface area contributed by atoms with E-state index in [2.05, 4.69) is 0 Å². The molecule has 1 aliphatic carbocycles. The lowest BCUT2D eigenvalue weighted by Crippen LogP contribution is -2.68. The summed E-state index contributed by atoms with van der Waals surface area (Å²) in [5.74, 6) is -0.485. The molecule has 0 aromatic heterocycles. The van der Waals surface area contributed by atoms with E-state index in [1.54, 1.807) is 0 Å². The molecule has 1 saturated carbocycles. The molecule has 0 bridgehead atoms. The summed E-state index contributed by atoms with van der Waals surface area (Å²) in [6.45, 7) is -1.53. The Morgan fingerprint density at radius 2 is 1.26 bits per heavy atom. The van der Waals surface area contributed by atoms with Crippen LogP contribution in [0.3, 0.4) is 0 Å². The van der Waals surface area contributed by atoms with Crippen molar-refractivity contribution < 1.29 is 59.4 Å². The molecule has 0 radical (unpaired) electrons. The molecule has 206 valence electrons. The Balaban J connectivity index is 1.72. The normalized spacial score (nSPS) is 51.3. The Bertz CT molecular complexity index is 661. The van der Waals surface area contributed by atoms with Gasteiger partial charge in [-0.15, -0.1) is 0 Å².